The molecule has 0 unspecified atom stereocenters. The number of hydrogen-bond donors (Lipinski definition) is 1. The lowest BCUT2D eigenvalue weighted by atomic mass is 10.4. The van der Waals surface area contributed by atoms with Gasteiger partial charge < -0.3 is 5.73 Å². The van der Waals surface area contributed by atoms with Crippen molar-refractivity contribution >= 4 is 17.7 Å². The van der Waals surface area contributed by atoms with E-state index in [0.717, 1.165) is 0 Å². The first-order valence-corrected chi connectivity index (χ1v) is 2.90. The topological polar surface area (TPSA) is 64.2 Å². The molecule has 0 bridgehead atoms. The van der Waals surface area contributed by atoms with E-state index in [1.165, 1.54) is 6.20 Å². The molecule has 0 amide bonds. The monoisotopic (exact) mass is 138 g/mol. The molecular weight excluding hydrogens is 128 g/mol. The van der Waals surface area contributed by atoms with Crippen LogP contribution in [0.25, 0.3) is 0 Å². The third-order valence-electron chi connectivity index (χ3n) is 0.983. The maximum absolute atomic E-state index is 5.49. The molecule has 1 heterocycles. The largest absolute Gasteiger partial charge is 0.396 e. The number of hydrogen-bond acceptors (Lipinski definition) is 4. The molecule has 1 aromatic heterocycles. The van der Waals surface area contributed by atoms with Crippen LogP contribution in [0.3, 0.4) is 0 Å². The highest BCUT2D eigenvalue weighted by atomic mass is 15.1. The van der Waals surface area contributed by atoms with Crippen LogP contribution in [0.15, 0.2) is 17.3 Å². The Morgan fingerprint density at radius 3 is 3.20 bits per heavy atom. The molecule has 0 aliphatic rings. The fourth-order valence-corrected chi connectivity index (χ4v) is 0.557. The molecular formula is C6H10N4. The summed E-state index contributed by atoms with van der Waals surface area (Å²) >= 11 is 0. The molecule has 54 valence electrons. The van der Waals surface area contributed by atoms with Crippen LogP contribution in [-0.4, -0.2) is 16.4 Å². The maximum Gasteiger partial charge on any atom is 0.197 e. The van der Waals surface area contributed by atoms with Gasteiger partial charge in [-0.3, -0.25) is 0 Å². The standard InChI is InChI=1S/C6H8N4.H2/c1-2-8-6-5(7)3-4-9-10-6;/h2-4H,1H3,(H2,7,9);1H/b8-2+;. The Bertz CT molecular complexity index is 248. The van der Waals surface area contributed by atoms with Gasteiger partial charge in [-0.25, -0.2) is 4.99 Å². The Morgan fingerprint density at radius 2 is 2.60 bits per heavy atom. The van der Waals surface area contributed by atoms with Gasteiger partial charge in [0.1, 0.15) is 0 Å². The van der Waals surface area contributed by atoms with Crippen LogP contribution < -0.4 is 5.73 Å². The van der Waals surface area contributed by atoms with Gasteiger partial charge in [-0.05, 0) is 13.0 Å². The van der Waals surface area contributed by atoms with Crippen molar-refractivity contribution in [3.63, 3.8) is 0 Å². The minimum Gasteiger partial charge on any atom is -0.396 e. The van der Waals surface area contributed by atoms with E-state index in [0.29, 0.717) is 11.5 Å². The van der Waals surface area contributed by atoms with Crippen LogP contribution in [0.5, 0.6) is 0 Å². The van der Waals surface area contributed by atoms with E-state index < -0.39 is 0 Å². The zero-order valence-electron chi connectivity index (χ0n) is 5.65. The average Bonchev–Trinajstić information content (AvgIpc) is 1.94. The van der Waals surface area contributed by atoms with Crippen molar-refractivity contribution < 1.29 is 1.43 Å². The van der Waals surface area contributed by atoms with Crippen molar-refractivity contribution in [2.24, 2.45) is 4.99 Å². The highest BCUT2D eigenvalue weighted by Crippen LogP contribution is 2.14. The first-order chi connectivity index (χ1) is 4.84. The highest BCUT2D eigenvalue weighted by Gasteiger charge is 1.93. The molecule has 0 aliphatic carbocycles. The zero-order valence-corrected chi connectivity index (χ0v) is 5.65. The Balaban J connectivity index is 0.000001000. The lowest BCUT2D eigenvalue weighted by Crippen LogP contribution is -1.89. The van der Waals surface area contributed by atoms with Gasteiger partial charge in [0.05, 0.1) is 11.9 Å². The summed E-state index contributed by atoms with van der Waals surface area (Å²) in [5.41, 5.74) is 6.04. The number of nitrogen functional groups attached to an aromatic ring is 1. The van der Waals surface area contributed by atoms with E-state index in [2.05, 4.69) is 15.2 Å². The van der Waals surface area contributed by atoms with Crippen LogP contribution in [0.2, 0.25) is 0 Å². The van der Waals surface area contributed by atoms with Crippen molar-refractivity contribution in [3.05, 3.63) is 12.3 Å². The van der Waals surface area contributed by atoms with Crippen LogP contribution in [0, 0.1) is 0 Å². The lowest BCUT2D eigenvalue weighted by Gasteiger charge is -1.93. The van der Waals surface area contributed by atoms with E-state index >= 15 is 0 Å². The number of aliphatic imine (C=N–C) groups is 1. The molecule has 0 aromatic carbocycles. The van der Waals surface area contributed by atoms with Crippen LogP contribution in [-0.2, 0) is 0 Å². The van der Waals surface area contributed by atoms with Crippen LogP contribution >= 0.6 is 0 Å². The zero-order chi connectivity index (χ0) is 7.40. The Morgan fingerprint density at radius 1 is 1.80 bits per heavy atom. The first kappa shape index (κ1) is 6.67. The SMILES string of the molecule is C/C=N/c1nnccc1N.[HH]. The van der Waals surface area contributed by atoms with Gasteiger partial charge in [0.2, 0.25) is 0 Å². The highest BCUT2D eigenvalue weighted by molar-refractivity contribution is 5.65. The quantitative estimate of drug-likeness (QED) is 0.589. The van der Waals surface area contributed by atoms with Gasteiger partial charge in [-0.1, -0.05) is 0 Å². The van der Waals surface area contributed by atoms with Gasteiger partial charge in [0.25, 0.3) is 0 Å². The molecule has 0 aliphatic heterocycles. The van der Waals surface area contributed by atoms with Crippen molar-refractivity contribution in [1.29, 1.82) is 0 Å². The van der Waals surface area contributed by atoms with Crippen molar-refractivity contribution in [2.45, 2.75) is 6.92 Å². The van der Waals surface area contributed by atoms with Crippen molar-refractivity contribution in [2.75, 3.05) is 5.73 Å². The minimum atomic E-state index is 0. The lowest BCUT2D eigenvalue weighted by molar-refractivity contribution is 1.03. The summed E-state index contributed by atoms with van der Waals surface area (Å²) in [5.74, 6) is 0.477. The molecule has 0 fully saturated rings. The van der Waals surface area contributed by atoms with Crippen LogP contribution in [0.1, 0.15) is 8.35 Å². The molecule has 0 radical (unpaired) electrons. The molecule has 0 saturated carbocycles. The van der Waals surface area contributed by atoms with E-state index in [1.54, 1.807) is 19.2 Å². The summed E-state index contributed by atoms with van der Waals surface area (Å²) in [4.78, 5) is 3.88. The summed E-state index contributed by atoms with van der Waals surface area (Å²) in [6.45, 7) is 1.80. The second-order valence-corrected chi connectivity index (χ2v) is 1.70. The predicted octanol–water partition coefficient (Wildman–Crippen LogP) is 1.03. The Kier molecular flexibility index (Phi) is 1.94. The number of aromatic nitrogens is 2. The molecule has 0 saturated heterocycles. The van der Waals surface area contributed by atoms with E-state index in [-0.39, 0.29) is 1.43 Å². The molecule has 2 N–H and O–H groups in total. The van der Waals surface area contributed by atoms with E-state index in [9.17, 15) is 0 Å². The normalized spacial score (nSPS) is 10.5. The van der Waals surface area contributed by atoms with E-state index in [4.69, 9.17) is 5.73 Å². The van der Waals surface area contributed by atoms with Gasteiger partial charge >= 0.3 is 0 Å². The maximum atomic E-state index is 5.49. The minimum absolute atomic E-state index is 0. The second kappa shape index (κ2) is 2.91. The van der Waals surface area contributed by atoms with E-state index in [1.807, 2.05) is 0 Å². The molecule has 0 spiro atoms. The van der Waals surface area contributed by atoms with Gasteiger partial charge in [0.15, 0.2) is 5.82 Å². The summed E-state index contributed by atoms with van der Waals surface area (Å²) in [7, 11) is 0. The molecule has 10 heavy (non-hydrogen) atoms. The second-order valence-electron chi connectivity index (χ2n) is 1.70. The fraction of sp³-hybridized carbons (Fsp3) is 0.167. The fourth-order valence-electron chi connectivity index (χ4n) is 0.557. The van der Waals surface area contributed by atoms with Gasteiger partial charge in [-0.2, -0.15) is 5.10 Å². The Hall–Kier alpha value is -1.45. The summed E-state index contributed by atoms with van der Waals surface area (Å²) in [5, 5.41) is 7.32. The Labute approximate surface area is 60.3 Å². The number of anilines is 1. The first-order valence-electron chi connectivity index (χ1n) is 2.90. The molecule has 1 rings (SSSR count). The third kappa shape index (κ3) is 1.28. The van der Waals surface area contributed by atoms with Crippen molar-refractivity contribution in [1.82, 2.24) is 10.2 Å². The van der Waals surface area contributed by atoms with Gasteiger partial charge in [0, 0.05) is 7.64 Å². The number of rotatable bonds is 1. The predicted molar refractivity (Wildman–Crippen MR) is 42.4 cm³/mol. The summed E-state index contributed by atoms with van der Waals surface area (Å²) < 4.78 is 0. The third-order valence-corrected chi connectivity index (χ3v) is 0.983. The molecule has 4 heteroatoms. The van der Waals surface area contributed by atoms with Crippen molar-refractivity contribution in [3.8, 4) is 0 Å². The molecule has 4 nitrogen and oxygen atoms in total. The summed E-state index contributed by atoms with van der Waals surface area (Å²) in [6, 6.07) is 1.66. The molecule has 1 aromatic rings. The number of nitrogens with zero attached hydrogens (tertiary/aromatic N) is 3. The number of nitrogens with two attached hydrogens (primary N) is 1. The van der Waals surface area contributed by atoms with Crippen LogP contribution in [0.4, 0.5) is 11.5 Å². The van der Waals surface area contributed by atoms with Gasteiger partial charge in [-0.15, -0.1) is 5.10 Å². The average molecular weight is 138 g/mol. The summed E-state index contributed by atoms with van der Waals surface area (Å²) in [6.07, 6.45) is 3.16. The molecule has 0 atom stereocenters. The smallest absolute Gasteiger partial charge is 0.197 e.